The molecule has 5 aromatic carbocycles. The maximum Gasteiger partial charge on any atom is 0.410 e. The zero-order valence-corrected chi connectivity index (χ0v) is 26.3. The number of fused-ring (bicyclic) bond motifs is 3. The molecular formula is C40H33NO7. The van der Waals surface area contributed by atoms with Gasteiger partial charge in [-0.25, -0.2) is 9.59 Å². The van der Waals surface area contributed by atoms with Gasteiger partial charge in [0.25, 0.3) is 0 Å². The summed E-state index contributed by atoms with van der Waals surface area (Å²) in [6.45, 7) is 3.31. The second kappa shape index (κ2) is 14.1. The summed E-state index contributed by atoms with van der Waals surface area (Å²) in [5.41, 5.74) is 3.76. The maximum absolute atomic E-state index is 14.7. The van der Waals surface area contributed by atoms with Crippen LogP contribution in [0.15, 0.2) is 134 Å². The number of para-hydroxylation sites is 1. The Morgan fingerprint density at radius 1 is 0.792 bits per heavy atom. The molecule has 0 bridgehead atoms. The number of hydrogen-bond donors (Lipinski definition) is 1. The molecule has 0 heterocycles. The Morgan fingerprint density at radius 2 is 1.48 bits per heavy atom. The molecule has 1 amide bonds. The summed E-state index contributed by atoms with van der Waals surface area (Å²) >= 11 is 0. The van der Waals surface area contributed by atoms with E-state index in [1.54, 1.807) is 48.5 Å². The fraction of sp³-hybridized carbons (Fsp3) is 0.125. The number of ether oxygens (including phenoxy) is 4. The lowest BCUT2D eigenvalue weighted by Gasteiger charge is -2.37. The molecule has 1 aliphatic carbocycles. The van der Waals surface area contributed by atoms with Crippen LogP contribution in [-0.2, 0) is 26.4 Å². The first kappa shape index (κ1) is 31.8. The molecule has 0 aromatic heterocycles. The summed E-state index contributed by atoms with van der Waals surface area (Å²) in [4.78, 5) is 40.1. The lowest BCUT2D eigenvalue weighted by atomic mass is 9.82. The number of hydrogen-bond acceptors (Lipinski definition) is 7. The largest absolute Gasteiger partial charge is 0.482 e. The van der Waals surface area contributed by atoms with E-state index >= 15 is 0 Å². The van der Waals surface area contributed by atoms with E-state index in [9.17, 15) is 14.4 Å². The molecule has 48 heavy (non-hydrogen) atoms. The number of ketones is 1. The van der Waals surface area contributed by atoms with Crippen LogP contribution in [0.3, 0.4) is 0 Å². The first-order valence-corrected chi connectivity index (χ1v) is 15.4. The van der Waals surface area contributed by atoms with Gasteiger partial charge in [0.1, 0.15) is 18.1 Å². The van der Waals surface area contributed by atoms with Crippen molar-refractivity contribution in [2.45, 2.75) is 12.1 Å². The molecule has 6 rings (SSSR count). The van der Waals surface area contributed by atoms with Gasteiger partial charge in [0.2, 0.25) is 5.72 Å². The minimum atomic E-state index is -1.78. The van der Waals surface area contributed by atoms with Gasteiger partial charge in [0.15, 0.2) is 12.4 Å². The van der Waals surface area contributed by atoms with Gasteiger partial charge in [-0.3, -0.25) is 10.1 Å². The number of methoxy groups -OCH3 is 1. The normalized spacial score (nSPS) is 12.4. The molecule has 8 heteroatoms. The molecule has 0 fully saturated rings. The average molecular weight is 640 g/mol. The van der Waals surface area contributed by atoms with Gasteiger partial charge in [-0.05, 0) is 65.1 Å². The highest BCUT2D eigenvalue weighted by atomic mass is 16.6. The number of carbonyl (C=O) groups excluding carboxylic acids is 3. The number of alkyl carbamates (subject to hydrolysis) is 1. The van der Waals surface area contributed by atoms with E-state index in [2.05, 4.69) is 18.0 Å². The van der Waals surface area contributed by atoms with Crippen LogP contribution in [-0.4, -0.2) is 38.2 Å². The summed E-state index contributed by atoms with van der Waals surface area (Å²) in [7, 11) is 1.26. The Morgan fingerprint density at radius 3 is 2.19 bits per heavy atom. The molecule has 0 saturated carbocycles. The molecule has 1 unspecified atom stereocenters. The highest BCUT2D eigenvalue weighted by Crippen LogP contribution is 2.45. The van der Waals surface area contributed by atoms with Crippen molar-refractivity contribution in [1.29, 1.82) is 0 Å². The Labute approximate surface area is 278 Å². The number of benzene rings is 5. The Bertz CT molecular complexity index is 1960. The van der Waals surface area contributed by atoms with E-state index in [-0.39, 0.29) is 19.0 Å². The Balaban J connectivity index is 1.58. The number of amides is 1. The van der Waals surface area contributed by atoms with E-state index in [1.807, 2.05) is 66.7 Å². The van der Waals surface area contributed by atoms with Crippen molar-refractivity contribution in [3.63, 3.8) is 0 Å². The van der Waals surface area contributed by atoms with Crippen LogP contribution in [0.2, 0.25) is 0 Å². The number of carbonyl (C=O) groups is 3. The van der Waals surface area contributed by atoms with E-state index < -0.39 is 17.8 Å². The molecule has 1 N–H and O–H groups in total. The monoisotopic (exact) mass is 639 g/mol. The second-order valence-corrected chi connectivity index (χ2v) is 11.0. The molecule has 0 aliphatic heterocycles. The third-order valence-electron chi connectivity index (χ3n) is 8.06. The fourth-order valence-electron chi connectivity index (χ4n) is 5.90. The van der Waals surface area contributed by atoms with Crippen LogP contribution in [0.1, 0.15) is 38.2 Å². The van der Waals surface area contributed by atoms with Gasteiger partial charge in [0.05, 0.1) is 7.11 Å². The lowest BCUT2D eigenvalue weighted by Crippen LogP contribution is -2.52. The molecule has 5 aromatic rings. The number of nitrogens with one attached hydrogen (secondary N) is 1. The quantitative estimate of drug-likeness (QED) is 0.0653. The summed E-state index contributed by atoms with van der Waals surface area (Å²) in [6, 6.07) is 36.6. The summed E-state index contributed by atoms with van der Waals surface area (Å²) in [6.07, 6.45) is 1.34. The van der Waals surface area contributed by atoms with Crippen molar-refractivity contribution >= 4 is 17.8 Å². The smallest absolute Gasteiger partial charge is 0.410 e. The summed E-state index contributed by atoms with van der Waals surface area (Å²) in [5.74, 6) is 0.0306. The highest BCUT2D eigenvalue weighted by Gasteiger charge is 2.44. The van der Waals surface area contributed by atoms with Crippen molar-refractivity contribution in [1.82, 2.24) is 5.32 Å². The second-order valence-electron chi connectivity index (χ2n) is 11.0. The zero-order valence-electron chi connectivity index (χ0n) is 26.3. The van der Waals surface area contributed by atoms with Crippen molar-refractivity contribution in [3.05, 3.63) is 167 Å². The number of rotatable bonds is 12. The maximum atomic E-state index is 14.7. The van der Waals surface area contributed by atoms with Gasteiger partial charge in [0, 0.05) is 22.3 Å². The topological polar surface area (TPSA) is 100 Å². The van der Waals surface area contributed by atoms with Crippen LogP contribution in [0.5, 0.6) is 11.5 Å². The van der Waals surface area contributed by atoms with Gasteiger partial charge >= 0.3 is 12.1 Å². The van der Waals surface area contributed by atoms with Crippen LogP contribution in [0.4, 0.5) is 4.79 Å². The van der Waals surface area contributed by atoms with E-state index in [0.717, 1.165) is 22.3 Å². The summed E-state index contributed by atoms with van der Waals surface area (Å²) in [5, 5.41) is 2.96. The molecule has 0 saturated heterocycles. The van der Waals surface area contributed by atoms with Crippen LogP contribution in [0, 0.1) is 0 Å². The predicted octanol–water partition coefficient (Wildman–Crippen LogP) is 7.23. The van der Waals surface area contributed by atoms with Gasteiger partial charge in [-0.2, -0.15) is 0 Å². The van der Waals surface area contributed by atoms with E-state index in [0.29, 0.717) is 40.2 Å². The minimum absolute atomic E-state index is 0.0783. The van der Waals surface area contributed by atoms with Crippen molar-refractivity contribution in [3.8, 4) is 22.6 Å². The SMILES string of the molecule is C=CCOC(=O)COc1ccc(C(NC(=O)OC)(Oc2ccccc2)c2ccc3c(c2C(=O)c2ccccc2)-c2ccccc2C3)cc1. The lowest BCUT2D eigenvalue weighted by molar-refractivity contribution is -0.144. The molecule has 0 spiro atoms. The van der Waals surface area contributed by atoms with Crippen LogP contribution >= 0.6 is 0 Å². The van der Waals surface area contributed by atoms with Crippen LogP contribution < -0.4 is 14.8 Å². The van der Waals surface area contributed by atoms with Crippen molar-refractivity contribution < 1.29 is 33.3 Å². The van der Waals surface area contributed by atoms with Gasteiger partial charge in [-0.15, -0.1) is 0 Å². The molecular weight excluding hydrogens is 606 g/mol. The third kappa shape index (κ3) is 6.41. The Kier molecular flexibility index (Phi) is 9.34. The Hall–Kier alpha value is -6.15. The van der Waals surface area contributed by atoms with E-state index in [1.165, 1.54) is 13.2 Å². The first-order chi connectivity index (χ1) is 23.4. The summed E-state index contributed by atoms with van der Waals surface area (Å²) < 4.78 is 22.6. The predicted molar refractivity (Wildman–Crippen MR) is 181 cm³/mol. The fourth-order valence-corrected chi connectivity index (χ4v) is 5.90. The standard InChI is InChI=1S/C40H33NO7/c1-3-24-46-35(42)26-47-31-21-19-30(20-22-31)40(41-39(44)45-2,48-32-15-8-5-9-16-32)34-23-18-29-25-28-14-10-11-17-33(28)36(29)37(34)38(43)27-12-6-4-7-13-27/h3-23H,1,24-26H2,2H3,(H,41,44). The first-order valence-electron chi connectivity index (χ1n) is 15.4. The van der Waals surface area contributed by atoms with Gasteiger partial charge < -0.3 is 18.9 Å². The molecule has 1 atom stereocenters. The van der Waals surface area contributed by atoms with E-state index in [4.69, 9.17) is 18.9 Å². The molecule has 0 radical (unpaired) electrons. The zero-order chi connectivity index (χ0) is 33.5. The third-order valence-corrected chi connectivity index (χ3v) is 8.06. The molecule has 8 nitrogen and oxygen atoms in total. The molecule has 240 valence electrons. The molecule has 1 aliphatic rings. The minimum Gasteiger partial charge on any atom is -0.482 e. The van der Waals surface area contributed by atoms with Crippen molar-refractivity contribution in [2.24, 2.45) is 0 Å². The van der Waals surface area contributed by atoms with Crippen LogP contribution in [0.25, 0.3) is 11.1 Å². The average Bonchev–Trinajstić information content (AvgIpc) is 3.52. The van der Waals surface area contributed by atoms with Gasteiger partial charge in [-0.1, -0.05) is 97.6 Å². The highest BCUT2D eigenvalue weighted by molar-refractivity contribution is 6.15. The number of esters is 1. The van der Waals surface area contributed by atoms with Crippen molar-refractivity contribution in [2.75, 3.05) is 20.3 Å².